The van der Waals surface area contributed by atoms with Crippen molar-refractivity contribution >= 4 is 43.9 Å². The van der Waals surface area contributed by atoms with Crippen LogP contribution in [-0.4, -0.2) is 6.79 Å². The Kier molecular flexibility index (Phi) is 4.64. The lowest BCUT2D eigenvalue weighted by Gasteiger charge is -2.11. The first kappa shape index (κ1) is 22.3. The van der Waals surface area contributed by atoms with Gasteiger partial charge in [-0.15, -0.1) is 0 Å². The molecule has 4 nitrogen and oxygen atoms in total. The largest absolute Gasteiger partial charge is 0.457 e. The van der Waals surface area contributed by atoms with Crippen molar-refractivity contribution in [2.45, 2.75) is 0 Å². The van der Waals surface area contributed by atoms with E-state index in [9.17, 15) is 0 Å². The van der Waals surface area contributed by atoms with Gasteiger partial charge in [0.2, 0.25) is 6.79 Å². The second kappa shape index (κ2) is 8.51. The molecule has 0 unspecified atom stereocenters. The minimum Gasteiger partial charge on any atom is -0.457 e. The van der Waals surface area contributed by atoms with E-state index in [1.54, 1.807) is 0 Å². The highest BCUT2D eigenvalue weighted by Gasteiger charge is 2.20. The number of furan rings is 2. The van der Waals surface area contributed by atoms with Crippen molar-refractivity contribution in [1.82, 2.24) is 0 Å². The van der Waals surface area contributed by atoms with Crippen LogP contribution in [0.25, 0.3) is 77.3 Å². The standard InChI is InChI=1S/C37H22O4/c1-3-10-33-26(6-1)28-15-12-23(20-36(28)40-33)22-13-16-29-31-18-24(14-17-32(31)38-21-39-35(29)19-22)25-8-5-9-30-27-7-2-4-11-34(27)41-37(25)30/h1-20H,21H2. The number of hydrogen-bond donors (Lipinski definition) is 0. The molecule has 1 aliphatic heterocycles. The van der Waals surface area contributed by atoms with Crippen molar-refractivity contribution in [3.05, 3.63) is 121 Å². The summed E-state index contributed by atoms with van der Waals surface area (Å²) in [6.07, 6.45) is 0. The molecule has 0 saturated carbocycles. The molecule has 41 heavy (non-hydrogen) atoms. The molecule has 0 atom stereocenters. The Morgan fingerprint density at radius 1 is 0.390 bits per heavy atom. The summed E-state index contributed by atoms with van der Waals surface area (Å²) in [5.74, 6) is 1.57. The van der Waals surface area contributed by atoms with Crippen LogP contribution in [0, 0.1) is 0 Å². The molecule has 0 radical (unpaired) electrons. The first-order valence-corrected chi connectivity index (χ1v) is 13.7. The topological polar surface area (TPSA) is 44.7 Å². The van der Waals surface area contributed by atoms with Gasteiger partial charge in [0, 0.05) is 38.2 Å². The molecule has 0 amide bonds. The first-order valence-electron chi connectivity index (χ1n) is 13.7. The number of para-hydroxylation sites is 3. The third-order valence-electron chi connectivity index (χ3n) is 8.11. The Balaban J connectivity index is 1.16. The molecule has 0 N–H and O–H groups in total. The number of benzene rings is 6. The monoisotopic (exact) mass is 530 g/mol. The van der Waals surface area contributed by atoms with Crippen LogP contribution in [0.2, 0.25) is 0 Å². The van der Waals surface area contributed by atoms with Gasteiger partial charge in [-0.2, -0.15) is 0 Å². The van der Waals surface area contributed by atoms with E-state index in [2.05, 4.69) is 78.9 Å². The van der Waals surface area contributed by atoms with Crippen LogP contribution in [0.15, 0.2) is 130 Å². The Labute approximate surface area is 235 Å². The number of hydrogen-bond acceptors (Lipinski definition) is 4. The zero-order valence-corrected chi connectivity index (χ0v) is 21.9. The van der Waals surface area contributed by atoms with Gasteiger partial charge in [-0.3, -0.25) is 0 Å². The van der Waals surface area contributed by atoms with Crippen molar-refractivity contribution in [3.8, 4) is 44.9 Å². The highest BCUT2D eigenvalue weighted by atomic mass is 16.7. The number of fused-ring (bicyclic) bond motifs is 9. The van der Waals surface area contributed by atoms with Crippen LogP contribution >= 0.6 is 0 Å². The Morgan fingerprint density at radius 2 is 1.07 bits per heavy atom. The van der Waals surface area contributed by atoms with Crippen molar-refractivity contribution in [2.24, 2.45) is 0 Å². The maximum atomic E-state index is 6.33. The van der Waals surface area contributed by atoms with Gasteiger partial charge in [0.15, 0.2) is 0 Å². The summed E-state index contributed by atoms with van der Waals surface area (Å²) in [7, 11) is 0. The first-order chi connectivity index (χ1) is 20.3. The predicted octanol–water partition coefficient (Wildman–Crippen LogP) is 10.2. The minimum atomic E-state index is 0.143. The summed E-state index contributed by atoms with van der Waals surface area (Å²) in [6.45, 7) is 0.143. The van der Waals surface area contributed by atoms with Gasteiger partial charge in [-0.05, 0) is 65.2 Å². The van der Waals surface area contributed by atoms with Gasteiger partial charge >= 0.3 is 0 Å². The Morgan fingerprint density at radius 3 is 1.98 bits per heavy atom. The molecular weight excluding hydrogens is 508 g/mol. The zero-order valence-electron chi connectivity index (χ0n) is 21.9. The lowest BCUT2D eigenvalue weighted by molar-refractivity contribution is 0.125. The molecule has 2 aromatic heterocycles. The summed E-state index contributed by atoms with van der Waals surface area (Å²) >= 11 is 0. The third-order valence-corrected chi connectivity index (χ3v) is 8.11. The van der Waals surface area contributed by atoms with Crippen LogP contribution in [0.5, 0.6) is 11.5 Å². The molecule has 4 heteroatoms. The van der Waals surface area contributed by atoms with E-state index in [-0.39, 0.29) is 6.79 Å². The number of ether oxygens (including phenoxy) is 2. The second-order valence-electron chi connectivity index (χ2n) is 10.4. The van der Waals surface area contributed by atoms with E-state index in [1.165, 1.54) is 0 Å². The fourth-order valence-electron chi connectivity index (χ4n) is 6.11. The lowest BCUT2D eigenvalue weighted by atomic mass is 9.94. The molecule has 3 heterocycles. The highest BCUT2D eigenvalue weighted by Crippen LogP contribution is 2.44. The van der Waals surface area contributed by atoms with Gasteiger partial charge in [0.25, 0.3) is 0 Å². The fourth-order valence-corrected chi connectivity index (χ4v) is 6.11. The Hall–Kier alpha value is -5.48. The lowest BCUT2D eigenvalue weighted by Crippen LogP contribution is -2.03. The van der Waals surface area contributed by atoms with Crippen molar-refractivity contribution in [3.63, 3.8) is 0 Å². The van der Waals surface area contributed by atoms with E-state index >= 15 is 0 Å². The van der Waals surface area contributed by atoms with Crippen molar-refractivity contribution < 1.29 is 18.3 Å². The van der Waals surface area contributed by atoms with E-state index in [0.29, 0.717) is 0 Å². The Bertz CT molecular complexity index is 2300. The molecule has 0 aliphatic carbocycles. The van der Waals surface area contributed by atoms with Gasteiger partial charge in [-0.25, -0.2) is 0 Å². The molecule has 9 rings (SSSR count). The molecule has 0 saturated heterocycles. The van der Waals surface area contributed by atoms with Crippen LogP contribution in [0.4, 0.5) is 0 Å². The molecule has 194 valence electrons. The molecule has 0 spiro atoms. The predicted molar refractivity (Wildman–Crippen MR) is 163 cm³/mol. The molecule has 0 fully saturated rings. The zero-order chi connectivity index (χ0) is 26.9. The van der Waals surface area contributed by atoms with E-state index in [4.69, 9.17) is 18.3 Å². The SMILES string of the molecule is c1ccc2c(c1)oc1cc(-c3ccc4c(c3)OCOc3ccc(-c5cccc6c5oc5ccccc56)cc3-4)ccc12. The van der Waals surface area contributed by atoms with Crippen molar-refractivity contribution in [2.75, 3.05) is 6.79 Å². The quantitative estimate of drug-likeness (QED) is 0.223. The molecule has 8 aromatic rings. The van der Waals surface area contributed by atoms with Gasteiger partial charge < -0.3 is 18.3 Å². The number of rotatable bonds is 2. The summed E-state index contributed by atoms with van der Waals surface area (Å²) in [5, 5.41) is 4.47. The average molecular weight is 531 g/mol. The molecule has 0 bridgehead atoms. The van der Waals surface area contributed by atoms with Gasteiger partial charge in [-0.1, -0.05) is 72.8 Å². The van der Waals surface area contributed by atoms with Crippen LogP contribution in [0.1, 0.15) is 0 Å². The second-order valence-corrected chi connectivity index (χ2v) is 10.4. The molecular formula is C37H22O4. The van der Waals surface area contributed by atoms with Crippen molar-refractivity contribution in [1.29, 1.82) is 0 Å². The van der Waals surface area contributed by atoms with Crippen LogP contribution in [-0.2, 0) is 0 Å². The van der Waals surface area contributed by atoms with Gasteiger partial charge in [0.05, 0.1) is 0 Å². The summed E-state index contributed by atoms with van der Waals surface area (Å²) in [4.78, 5) is 0. The third kappa shape index (κ3) is 3.41. The molecule has 1 aliphatic rings. The van der Waals surface area contributed by atoms with E-state index in [0.717, 1.165) is 88.8 Å². The van der Waals surface area contributed by atoms with E-state index < -0.39 is 0 Å². The smallest absolute Gasteiger partial charge is 0.230 e. The van der Waals surface area contributed by atoms with E-state index in [1.807, 2.05) is 42.5 Å². The highest BCUT2D eigenvalue weighted by molar-refractivity contribution is 6.10. The molecule has 6 aromatic carbocycles. The maximum Gasteiger partial charge on any atom is 0.230 e. The van der Waals surface area contributed by atoms with Gasteiger partial charge in [0.1, 0.15) is 33.8 Å². The minimum absolute atomic E-state index is 0.143. The summed E-state index contributed by atoms with van der Waals surface area (Å²) in [5.41, 5.74) is 9.75. The normalized spacial score (nSPS) is 12.7. The summed E-state index contributed by atoms with van der Waals surface area (Å²) in [6, 6.07) is 41.6. The maximum absolute atomic E-state index is 6.33. The average Bonchev–Trinajstić information content (AvgIpc) is 3.53. The van der Waals surface area contributed by atoms with Crippen LogP contribution < -0.4 is 9.47 Å². The van der Waals surface area contributed by atoms with Crippen LogP contribution in [0.3, 0.4) is 0 Å². The fraction of sp³-hybridized carbons (Fsp3) is 0.0270. The summed E-state index contributed by atoms with van der Waals surface area (Å²) < 4.78 is 24.6.